The summed E-state index contributed by atoms with van der Waals surface area (Å²) in [5, 5.41) is 0. The van der Waals surface area contributed by atoms with Crippen LogP contribution in [0, 0.1) is 5.82 Å². The molecule has 2 aromatic rings. The monoisotopic (exact) mass is 387 g/mol. The summed E-state index contributed by atoms with van der Waals surface area (Å²) in [4.78, 5) is 0.173. The van der Waals surface area contributed by atoms with E-state index >= 15 is 0 Å². The molecule has 0 radical (unpaired) electrons. The third-order valence-corrected chi connectivity index (χ3v) is 5.96. The van der Waals surface area contributed by atoms with Crippen molar-refractivity contribution in [2.45, 2.75) is 11.4 Å². The highest BCUT2D eigenvalue weighted by Gasteiger charge is 2.23. The van der Waals surface area contributed by atoms with Crippen molar-refractivity contribution in [3.63, 3.8) is 0 Å². The maximum atomic E-state index is 13.7. The van der Waals surface area contributed by atoms with E-state index in [0.29, 0.717) is 10.0 Å². The van der Waals surface area contributed by atoms with Gasteiger partial charge in [0.25, 0.3) is 0 Å². The van der Waals surface area contributed by atoms with Gasteiger partial charge in [0.1, 0.15) is 0 Å². The van der Waals surface area contributed by atoms with Gasteiger partial charge in [-0.25, -0.2) is 12.8 Å². The lowest BCUT2D eigenvalue weighted by Crippen LogP contribution is -2.26. The average Bonchev–Trinajstić information content (AvgIpc) is 2.47. The molecule has 118 valence electrons. The molecule has 0 aliphatic carbocycles. The Bertz CT molecular complexity index is 780. The second-order valence-electron chi connectivity index (χ2n) is 4.66. The van der Waals surface area contributed by atoms with Crippen molar-refractivity contribution in [3.05, 3.63) is 58.3 Å². The summed E-state index contributed by atoms with van der Waals surface area (Å²) in [7, 11) is -0.832. The third-order valence-electron chi connectivity index (χ3n) is 3.15. The molecular weight excluding hydrogens is 373 g/mol. The van der Waals surface area contributed by atoms with Crippen molar-refractivity contribution in [2.75, 3.05) is 14.2 Å². The maximum Gasteiger partial charge on any atom is 0.244 e. The van der Waals surface area contributed by atoms with Crippen molar-refractivity contribution >= 4 is 26.0 Å². The van der Waals surface area contributed by atoms with Gasteiger partial charge in [-0.05, 0) is 45.8 Å². The molecule has 22 heavy (non-hydrogen) atoms. The number of rotatable bonds is 5. The number of methoxy groups -OCH3 is 1. The minimum absolute atomic E-state index is 0.0601. The van der Waals surface area contributed by atoms with Crippen molar-refractivity contribution in [1.82, 2.24) is 4.31 Å². The zero-order valence-electron chi connectivity index (χ0n) is 12.1. The van der Waals surface area contributed by atoms with Gasteiger partial charge in [-0.2, -0.15) is 4.31 Å². The van der Waals surface area contributed by atoms with Crippen molar-refractivity contribution in [1.29, 1.82) is 0 Å². The predicted molar refractivity (Wildman–Crippen MR) is 85.7 cm³/mol. The van der Waals surface area contributed by atoms with Crippen molar-refractivity contribution < 1.29 is 17.5 Å². The average molecular weight is 388 g/mol. The topological polar surface area (TPSA) is 46.6 Å². The van der Waals surface area contributed by atoms with Gasteiger partial charge in [-0.3, -0.25) is 0 Å². The zero-order valence-corrected chi connectivity index (χ0v) is 14.5. The molecule has 0 atom stereocenters. The predicted octanol–water partition coefficient (Wildman–Crippen LogP) is 3.42. The van der Waals surface area contributed by atoms with Crippen LogP contribution in [-0.4, -0.2) is 26.9 Å². The molecule has 0 fully saturated rings. The molecule has 0 bridgehead atoms. The number of hydrogen-bond acceptors (Lipinski definition) is 3. The number of ether oxygens (including phenoxy) is 1. The van der Waals surface area contributed by atoms with Crippen LogP contribution < -0.4 is 4.74 Å². The van der Waals surface area contributed by atoms with Gasteiger partial charge in [0.05, 0.1) is 12.0 Å². The molecule has 0 N–H and O–H groups in total. The molecule has 0 amide bonds. The maximum absolute atomic E-state index is 13.7. The molecule has 7 heteroatoms. The Morgan fingerprint density at radius 3 is 2.50 bits per heavy atom. The summed E-state index contributed by atoms with van der Waals surface area (Å²) in [5.74, 6) is -0.397. The summed E-state index contributed by atoms with van der Waals surface area (Å²) in [6.07, 6.45) is 0. The smallest absolute Gasteiger partial charge is 0.244 e. The Balaban J connectivity index is 2.27. The summed E-state index contributed by atoms with van der Waals surface area (Å²) in [5.41, 5.74) is 0.538. The Morgan fingerprint density at radius 2 is 1.91 bits per heavy atom. The normalized spacial score (nSPS) is 11.7. The van der Waals surface area contributed by atoms with Gasteiger partial charge in [-0.1, -0.05) is 18.2 Å². The molecule has 0 aliphatic heterocycles. The molecule has 2 rings (SSSR count). The fourth-order valence-electron chi connectivity index (χ4n) is 1.97. The number of nitrogens with zero attached hydrogens (tertiary/aromatic N) is 1. The van der Waals surface area contributed by atoms with Gasteiger partial charge in [0.15, 0.2) is 11.6 Å². The van der Waals surface area contributed by atoms with Gasteiger partial charge >= 0.3 is 0 Å². The number of benzene rings is 2. The lowest BCUT2D eigenvalue weighted by molar-refractivity contribution is 0.385. The third kappa shape index (κ3) is 3.48. The molecule has 4 nitrogen and oxygen atoms in total. The molecule has 0 aliphatic rings. The molecule has 0 spiro atoms. The zero-order chi connectivity index (χ0) is 16.3. The van der Waals surface area contributed by atoms with E-state index in [4.69, 9.17) is 4.74 Å². The quantitative estimate of drug-likeness (QED) is 0.789. The number of hydrogen-bond donors (Lipinski definition) is 0. The molecule has 0 heterocycles. The van der Waals surface area contributed by atoms with E-state index in [1.807, 2.05) is 0 Å². The first kappa shape index (κ1) is 16.9. The standard InChI is InChI=1S/C15H15BrFNO3S/c1-18(10-11-7-8-14(21-2)13(17)9-11)22(19,20)15-6-4-3-5-12(15)16/h3-9H,10H2,1-2H3. The molecule has 0 unspecified atom stereocenters. The van der Waals surface area contributed by atoms with E-state index < -0.39 is 15.8 Å². The lowest BCUT2D eigenvalue weighted by Gasteiger charge is -2.18. The van der Waals surface area contributed by atoms with E-state index in [2.05, 4.69) is 15.9 Å². The minimum atomic E-state index is -3.66. The largest absolute Gasteiger partial charge is 0.494 e. The van der Waals surface area contributed by atoms with Crippen LogP contribution in [0.25, 0.3) is 0 Å². The Hall–Kier alpha value is -1.44. The fraction of sp³-hybridized carbons (Fsp3) is 0.200. The second-order valence-corrected chi connectivity index (χ2v) is 7.53. The van der Waals surface area contributed by atoms with Gasteiger partial charge < -0.3 is 4.74 Å². The Kier molecular flexibility index (Phi) is 5.20. The minimum Gasteiger partial charge on any atom is -0.494 e. The van der Waals surface area contributed by atoms with Crippen LogP contribution >= 0.6 is 15.9 Å². The van der Waals surface area contributed by atoms with Crippen molar-refractivity contribution in [3.8, 4) is 5.75 Å². The van der Waals surface area contributed by atoms with E-state index in [-0.39, 0.29) is 17.2 Å². The SMILES string of the molecule is COc1ccc(CN(C)S(=O)(=O)c2ccccc2Br)cc1F. The van der Waals surface area contributed by atoms with E-state index in [0.717, 1.165) is 0 Å². The van der Waals surface area contributed by atoms with Crippen LogP contribution in [0.2, 0.25) is 0 Å². The van der Waals surface area contributed by atoms with Crippen molar-refractivity contribution in [2.24, 2.45) is 0 Å². The second kappa shape index (κ2) is 6.76. The lowest BCUT2D eigenvalue weighted by atomic mass is 10.2. The van der Waals surface area contributed by atoms with E-state index in [1.54, 1.807) is 24.3 Å². The highest BCUT2D eigenvalue weighted by molar-refractivity contribution is 9.10. The summed E-state index contributed by atoms with van der Waals surface area (Å²) in [6.45, 7) is 0.0601. The van der Waals surface area contributed by atoms with Gasteiger partial charge in [0, 0.05) is 18.1 Å². The van der Waals surface area contributed by atoms with Gasteiger partial charge in [-0.15, -0.1) is 0 Å². The van der Waals surface area contributed by atoms with Crippen LogP contribution in [0.4, 0.5) is 4.39 Å². The van der Waals surface area contributed by atoms with E-state index in [9.17, 15) is 12.8 Å². The fourth-order valence-corrected chi connectivity index (χ4v) is 4.09. The van der Waals surface area contributed by atoms with Crippen LogP contribution in [0.15, 0.2) is 51.8 Å². The highest BCUT2D eigenvalue weighted by atomic mass is 79.9. The first-order valence-corrected chi connectivity index (χ1v) is 8.63. The van der Waals surface area contributed by atoms with Crippen LogP contribution in [0.3, 0.4) is 0 Å². The molecule has 0 saturated carbocycles. The number of sulfonamides is 1. The first-order valence-electron chi connectivity index (χ1n) is 6.39. The number of halogens is 2. The molecular formula is C15H15BrFNO3S. The van der Waals surface area contributed by atoms with Crippen LogP contribution in [0.5, 0.6) is 5.75 Å². The Morgan fingerprint density at radius 1 is 1.23 bits per heavy atom. The van der Waals surface area contributed by atoms with Crippen LogP contribution in [0.1, 0.15) is 5.56 Å². The summed E-state index contributed by atoms with van der Waals surface area (Å²) < 4.78 is 45.3. The highest BCUT2D eigenvalue weighted by Crippen LogP contribution is 2.25. The summed E-state index contributed by atoms with van der Waals surface area (Å²) in [6, 6.07) is 10.9. The summed E-state index contributed by atoms with van der Waals surface area (Å²) >= 11 is 3.23. The molecule has 0 aromatic heterocycles. The Labute approximate surface area is 137 Å². The van der Waals surface area contributed by atoms with Crippen LogP contribution in [-0.2, 0) is 16.6 Å². The van der Waals surface area contributed by atoms with Gasteiger partial charge in [0.2, 0.25) is 10.0 Å². The molecule has 0 saturated heterocycles. The first-order chi connectivity index (χ1) is 10.4. The molecule has 2 aromatic carbocycles. The van der Waals surface area contributed by atoms with E-state index in [1.165, 1.54) is 36.7 Å².